The number of rotatable bonds is 6. The minimum absolute atomic E-state index is 0.0846. The minimum Gasteiger partial charge on any atom is -0.497 e. The van der Waals surface area contributed by atoms with E-state index in [-0.39, 0.29) is 30.1 Å². The van der Waals surface area contributed by atoms with Gasteiger partial charge in [-0.1, -0.05) is 0 Å². The fourth-order valence-corrected chi connectivity index (χ4v) is 3.67. The zero-order valence-corrected chi connectivity index (χ0v) is 17.2. The number of aromatic amines is 1. The zero-order valence-electron chi connectivity index (χ0n) is 17.2. The Morgan fingerprint density at radius 2 is 2.06 bits per heavy atom. The quantitative estimate of drug-likeness (QED) is 0.628. The summed E-state index contributed by atoms with van der Waals surface area (Å²) in [6, 6.07) is 12.3. The van der Waals surface area contributed by atoms with Gasteiger partial charge in [-0.15, -0.1) is 0 Å². The van der Waals surface area contributed by atoms with Crippen LogP contribution in [0.2, 0.25) is 0 Å². The van der Waals surface area contributed by atoms with E-state index in [4.69, 9.17) is 9.47 Å². The summed E-state index contributed by atoms with van der Waals surface area (Å²) in [4.78, 5) is 30.1. The predicted octanol–water partition coefficient (Wildman–Crippen LogP) is 3.89. The normalized spacial score (nSPS) is 15.7. The highest BCUT2D eigenvalue weighted by Gasteiger charge is 2.24. The highest BCUT2D eigenvalue weighted by Crippen LogP contribution is 2.20. The topological polar surface area (TPSA) is 83.7 Å². The third-order valence-corrected chi connectivity index (χ3v) is 5.32. The van der Waals surface area contributed by atoms with Gasteiger partial charge in [0.05, 0.1) is 19.8 Å². The van der Waals surface area contributed by atoms with Gasteiger partial charge in [0.2, 0.25) is 0 Å². The second kappa shape index (κ2) is 9.18. The van der Waals surface area contributed by atoms with Gasteiger partial charge in [-0.3, -0.25) is 4.79 Å². The molecule has 7 nitrogen and oxygen atoms in total. The molecule has 0 aliphatic carbocycles. The van der Waals surface area contributed by atoms with E-state index < -0.39 is 0 Å². The number of fused-ring (bicyclic) bond motifs is 1. The molecule has 2 heterocycles. The lowest BCUT2D eigenvalue weighted by Gasteiger charge is -2.25. The Balaban J connectivity index is 1.60. The number of aromatic nitrogens is 1. The molecule has 1 fully saturated rings. The number of nitrogens with one attached hydrogen (secondary N) is 2. The second-order valence-electron chi connectivity index (χ2n) is 7.53. The summed E-state index contributed by atoms with van der Waals surface area (Å²) in [5.74, 6) is 0.295. The molecule has 1 aliphatic rings. The molecular weight excluding hydrogens is 401 g/mol. The second-order valence-corrected chi connectivity index (χ2v) is 7.53. The number of pyridine rings is 1. The van der Waals surface area contributed by atoms with Crippen LogP contribution in [-0.4, -0.2) is 42.3 Å². The molecule has 8 heteroatoms. The maximum atomic E-state index is 13.2. The fraction of sp³-hybridized carbons (Fsp3) is 0.304. The fourth-order valence-electron chi connectivity index (χ4n) is 3.67. The van der Waals surface area contributed by atoms with Gasteiger partial charge in [-0.2, -0.15) is 0 Å². The first kappa shape index (κ1) is 20.9. The highest BCUT2D eigenvalue weighted by atomic mass is 19.1. The molecule has 1 aliphatic heterocycles. The molecule has 1 saturated heterocycles. The third-order valence-electron chi connectivity index (χ3n) is 5.32. The van der Waals surface area contributed by atoms with Gasteiger partial charge in [0.15, 0.2) is 0 Å². The van der Waals surface area contributed by atoms with Crippen molar-refractivity contribution in [2.75, 3.05) is 25.6 Å². The number of urea groups is 1. The van der Waals surface area contributed by atoms with Gasteiger partial charge in [0, 0.05) is 35.3 Å². The van der Waals surface area contributed by atoms with Crippen molar-refractivity contribution in [2.24, 2.45) is 0 Å². The molecule has 1 aromatic heterocycles. The highest BCUT2D eigenvalue weighted by molar-refractivity contribution is 5.89. The van der Waals surface area contributed by atoms with Crippen molar-refractivity contribution < 1.29 is 18.7 Å². The first-order valence-corrected chi connectivity index (χ1v) is 10.1. The van der Waals surface area contributed by atoms with Crippen molar-refractivity contribution in [1.29, 1.82) is 0 Å². The first-order valence-electron chi connectivity index (χ1n) is 10.1. The summed E-state index contributed by atoms with van der Waals surface area (Å²) in [6.45, 7) is 1.12. The molecule has 0 saturated carbocycles. The summed E-state index contributed by atoms with van der Waals surface area (Å²) in [7, 11) is 1.58. The summed E-state index contributed by atoms with van der Waals surface area (Å²) in [5.41, 5.74) is 1.36. The number of hydrogen-bond donors (Lipinski definition) is 2. The van der Waals surface area contributed by atoms with E-state index in [0.717, 1.165) is 18.2 Å². The number of benzene rings is 2. The maximum Gasteiger partial charge on any atom is 0.322 e. The van der Waals surface area contributed by atoms with E-state index in [1.807, 2.05) is 6.07 Å². The number of nitrogens with zero attached hydrogens (tertiary/aromatic N) is 1. The molecule has 0 radical (unpaired) electrons. The Kier molecular flexibility index (Phi) is 6.18. The van der Waals surface area contributed by atoms with E-state index in [2.05, 4.69) is 10.3 Å². The van der Waals surface area contributed by atoms with Gasteiger partial charge in [0.25, 0.3) is 5.56 Å². The maximum absolute atomic E-state index is 13.2. The van der Waals surface area contributed by atoms with Crippen LogP contribution >= 0.6 is 0 Å². The van der Waals surface area contributed by atoms with Crippen LogP contribution in [0.3, 0.4) is 0 Å². The Labute approximate surface area is 178 Å². The lowest BCUT2D eigenvalue weighted by atomic mass is 10.1. The molecule has 0 spiro atoms. The largest absolute Gasteiger partial charge is 0.497 e. The Morgan fingerprint density at radius 1 is 1.26 bits per heavy atom. The molecule has 1 atom stereocenters. The molecule has 2 aromatic carbocycles. The molecule has 31 heavy (non-hydrogen) atoms. The SMILES string of the molecule is COc1ccc2[nH]c(=O)c(CN(C[C@H]3CCCO3)C(=O)Nc3ccc(F)cc3)cc2c1. The van der Waals surface area contributed by atoms with Crippen molar-refractivity contribution >= 4 is 22.6 Å². The number of ether oxygens (including phenoxy) is 2. The zero-order chi connectivity index (χ0) is 21.8. The molecule has 162 valence electrons. The van der Waals surface area contributed by atoms with Gasteiger partial charge < -0.3 is 24.7 Å². The van der Waals surface area contributed by atoms with E-state index >= 15 is 0 Å². The van der Waals surface area contributed by atoms with Crippen molar-refractivity contribution in [3.63, 3.8) is 0 Å². The van der Waals surface area contributed by atoms with E-state index in [9.17, 15) is 14.0 Å². The number of hydrogen-bond acceptors (Lipinski definition) is 4. The molecule has 2 amide bonds. The molecule has 0 bridgehead atoms. The van der Waals surface area contributed by atoms with Crippen molar-refractivity contribution in [1.82, 2.24) is 9.88 Å². The monoisotopic (exact) mass is 425 g/mol. The standard InChI is InChI=1S/C23H24FN3O4/c1-30-19-8-9-21-15(12-19)11-16(22(28)26-21)13-27(14-20-3-2-10-31-20)23(29)25-18-6-4-17(24)5-7-18/h4-9,11-12,20H,2-3,10,13-14H2,1H3,(H,25,29)(H,26,28)/t20-/m1/s1. The van der Waals surface area contributed by atoms with Gasteiger partial charge in [0.1, 0.15) is 11.6 Å². The number of methoxy groups -OCH3 is 1. The molecule has 4 rings (SSSR count). The van der Waals surface area contributed by atoms with Crippen LogP contribution < -0.4 is 15.6 Å². The van der Waals surface area contributed by atoms with Crippen molar-refractivity contribution in [2.45, 2.75) is 25.5 Å². The van der Waals surface area contributed by atoms with Crippen LogP contribution in [-0.2, 0) is 11.3 Å². The predicted molar refractivity (Wildman–Crippen MR) is 116 cm³/mol. The molecule has 2 N–H and O–H groups in total. The molecule has 3 aromatic rings. The van der Waals surface area contributed by atoms with Crippen LogP contribution in [0, 0.1) is 5.82 Å². The third kappa shape index (κ3) is 5.03. The number of halogens is 1. The van der Waals surface area contributed by atoms with E-state index in [1.165, 1.54) is 24.3 Å². The van der Waals surface area contributed by atoms with E-state index in [1.54, 1.807) is 30.2 Å². The van der Waals surface area contributed by atoms with Crippen molar-refractivity contribution in [3.8, 4) is 5.75 Å². The number of anilines is 1. The van der Waals surface area contributed by atoms with Crippen LogP contribution in [0.1, 0.15) is 18.4 Å². The molecular formula is C23H24FN3O4. The minimum atomic E-state index is -0.382. The Bertz CT molecular complexity index is 1120. The van der Waals surface area contributed by atoms with Gasteiger partial charge >= 0.3 is 6.03 Å². The lowest BCUT2D eigenvalue weighted by molar-refractivity contribution is 0.0818. The first-order chi connectivity index (χ1) is 15.0. The number of carbonyl (C=O) groups excluding carboxylic acids is 1. The average molecular weight is 425 g/mol. The summed E-state index contributed by atoms with van der Waals surface area (Å²) < 4.78 is 24.1. The molecule has 0 unspecified atom stereocenters. The Hall–Kier alpha value is -3.39. The number of carbonyl (C=O) groups is 1. The van der Waals surface area contributed by atoms with Crippen LogP contribution in [0.4, 0.5) is 14.9 Å². The Morgan fingerprint density at radius 3 is 2.77 bits per heavy atom. The number of amides is 2. The summed E-state index contributed by atoms with van der Waals surface area (Å²) in [5, 5.41) is 3.58. The van der Waals surface area contributed by atoms with Gasteiger partial charge in [-0.05, 0) is 61.4 Å². The van der Waals surface area contributed by atoms with E-state index in [0.29, 0.717) is 35.7 Å². The smallest absolute Gasteiger partial charge is 0.322 e. The average Bonchev–Trinajstić information content (AvgIpc) is 3.28. The summed E-state index contributed by atoms with van der Waals surface area (Å²) in [6.07, 6.45) is 1.71. The summed E-state index contributed by atoms with van der Waals surface area (Å²) >= 11 is 0. The number of H-pyrrole nitrogens is 1. The van der Waals surface area contributed by atoms with Crippen LogP contribution in [0.5, 0.6) is 5.75 Å². The lowest BCUT2D eigenvalue weighted by Crippen LogP contribution is -2.40. The van der Waals surface area contributed by atoms with Crippen LogP contribution in [0.15, 0.2) is 53.3 Å². The van der Waals surface area contributed by atoms with Crippen molar-refractivity contribution in [3.05, 3.63) is 70.3 Å². The van der Waals surface area contributed by atoms with Crippen LogP contribution in [0.25, 0.3) is 10.9 Å². The van der Waals surface area contributed by atoms with Gasteiger partial charge in [-0.25, -0.2) is 9.18 Å².